The molecule has 0 heterocycles. The van der Waals surface area contributed by atoms with Crippen molar-refractivity contribution in [2.75, 3.05) is 0 Å². The molecule has 1 atom stereocenters. The lowest BCUT2D eigenvalue weighted by Crippen LogP contribution is -2.17. The first-order valence-electron chi connectivity index (χ1n) is 3.07. The summed E-state index contributed by atoms with van der Waals surface area (Å²) < 4.78 is 23.0. The van der Waals surface area contributed by atoms with Gasteiger partial charge in [0.15, 0.2) is 0 Å². The molecule has 0 radical (unpaired) electrons. The largest absolute Gasteiger partial charge is 0.316 e. The molecule has 0 saturated carbocycles. The summed E-state index contributed by atoms with van der Waals surface area (Å²) in [5.41, 5.74) is 0. The fourth-order valence-corrected chi connectivity index (χ4v) is 2.10. The van der Waals surface area contributed by atoms with Crippen molar-refractivity contribution < 1.29 is 12.6 Å². The van der Waals surface area contributed by atoms with E-state index in [-0.39, 0.29) is 0 Å². The van der Waals surface area contributed by atoms with Gasteiger partial charge in [-0.15, -0.1) is 0 Å². The molecule has 0 aliphatic rings. The molecule has 0 saturated heterocycles. The molecule has 0 spiro atoms. The molecular weight excluding hydrogens is 180 g/mol. The predicted octanol–water partition coefficient (Wildman–Crippen LogP) is -0.451. The van der Waals surface area contributed by atoms with E-state index in [1.165, 1.54) is 0 Å². The van der Waals surface area contributed by atoms with Gasteiger partial charge in [0.25, 0.3) is 11.4 Å². The van der Waals surface area contributed by atoms with Gasteiger partial charge >= 0.3 is 0 Å². The van der Waals surface area contributed by atoms with E-state index in [0.717, 1.165) is 5.19 Å². The Morgan fingerprint density at radius 2 is 2.00 bits per heavy atom. The molecular formula is C6H8O3SSi. The van der Waals surface area contributed by atoms with Crippen molar-refractivity contribution in [1.82, 2.24) is 0 Å². The number of rotatable bonds is 3. The number of benzene rings is 1. The first-order chi connectivity index (χ1) is 5.29. The average Bonchev–Trinajstić information content (AvgIpc) is 2.03. The molecule has 0 fully saturated rings. The van der Waals surface area contributed by atoms with Crippen LogP contribution in [0.5, 0.6) is 0 Å². The fourth-order valence-electron chi connectivity index (χ4n) is 0.693. The topological polar surface area (TPSA) is 46.5 Å². The van der Waals surface area contributed by atoms with E-state index < -0.39 is 21.1 Å². The van der Waals surface area contributed by atoms with Gasteiger partial charge in [0.2, 0.25) is 9.76 Å². The smallest absolute Gasteiger partial charge is 0.290 e. The van der Waals surface area contributed by atoms with Crippen molar-refractivity contribution in [1.29, 1.82) is 0 Å². The van der Waals surface area contributed by atoms with Gasteiger partial charge in [-0.2, -0.15) is 4.21 Å². The van der Waals surface area contributed by atoms with Crippen molar-refractivity contribution in [2.45, 2.75) is 0 Å². The molecule has 1 N–H and O–H groups in total. The third kappa shape index (κ3) is 3.42. The summed E-state index contributed by atoms with van der Waals surface area (Å²) in [6, 6.07) is 9.43. The van der Waals surface area contributed by atoms with Crippen molar-refractivity contribution in [3.63, 3.8) is 0 Å². The monoisotopic (exact) mass is 188 g/mol. The Hall–Kier alpha value is -0.493. The van der Waals surface area contributed by atoms with Gasteiger partial charge in [-0.1, -0.05) is 30.3 Å². The van der Waals surface area contributed by atoms with Crippen LogP contribution in [0.1, 0.15) is 0 Å². The third-order valence-corrected chi connectivity index (χ3v) is 3.25. The second-order valence-electron chi connectivity index (χ2n) is 1.96. The SMILES string of the molecule is O=S(O)O[SiH2]c1ccccc1. The van der Waals surface area contributed by atoms with Crippen LogP contribution in [0.3, 0.4) is 0 Å². The zero-order valence-corrected chi connectivity index (χ0v) is 8.00. The molecule has 0 bridgehead atoms. The predicted molar refractivity (Wildman–Crippen MR) is 46.5 cm³/mol. The van der Waals surface area contributed by atoms with Gasteiger partial charge in [-0.25, -0.2) is 0 Å². The van der Waals surface area contributed by atoms with Crippen LogP contribution in [-0.2, 0) is 15.2 Å². The average molecular weight is 188 g/mol. The third-order valence-electron chi connectivity index (χ3n) is 1.17. The molecule has 5 heteroatoms. The maximum Gasteiger partial charge on any atom is 0.290 e. The van der Waals surface area contributed by atoms with Gasteiger partial charge in [0, 0.05) is 0 Å². The molecule has 1 unspecified atom stereocenters. The zero-order valence-electron chi connectivity index (χ0n) is 5.77. The van der Waals surface area contributed by atoms with Crippen LogP contribution in [0.2, 0.25) is 0 Å². The summed E-state index contributed by atoms with van der Waals surface area (Å²) in [6.07, 6.45) is 0. The van der Waals surface area contributed by atoms with Gasteiger partial charge < -0.3 is 3.87 Å². The van der Waals surface area contributed by atoms with Crippen molar-refractivity contribution in [3.8, 4) is 0 Å². The Labute approximate surface area is 69.8 Å². The fraction of sp³-hybridized carbons (Fsp3) is 0. The Morgan fingerprint density at radius 1 is 1.36 bits per heavy atom. The van der Waals surface area contributed by atoms with E-state index in [1.807, 2.05) is 30.3 Å². The highest BCUT2D eigenvalue weighted by molar-refractivity contribution is 7.75. The maximum absolute atomic E-state index is 10.1. The number of hydrogen-bond donors (Lipinski definition) is 1. The number of hydrogen-bond acceptors (Lipinski definition) is 2. The highest BCUT2D eigenvalue weighted by Gasteiger charge is 1.95. The van der Waals surface area contributed by atoms with Crippen molar-refractivity contribution in [3.05, 3.63) is 30.3 Å². The minimum Gasteiger partial charge on any atom is -0.316 e. The van der Waals surface area contributed by atoms with Crippen molar-refractivity contribution in [2.24, 2.45) is 0 Å². The molecule has 1 rings (SSSR count). The van der Waals surface area contributed by atoms with Crippen LogP contribution < -0.4 is 5.19 Å². The molecule has 0 aliphatic heterocycles. The molecule has 60 valence electrons. The van der Waals surface area contributed by atoms with Crippen LogP contribution in [-0.4, -0.2) is 18.5 Å². The minimum absolute atomic E-state index is 1.01. The van der Waals surface area contributed by atoms with Crippen molar-refractivity contribution >= 4 is 26.3 Å². The second kappa shape index (κ2) is 4.40. The van der Waals surface area contributed by atoms with E-state index in [9.17, 15) is 4.21 Å². The van der Waals surface area contributed by atoms with Crippen LogP contribution in [0, 0.1) is 0 Å². The Bertz CT molecular complexity index is 239. The standard InChI is InChI=1S/C6H8O3SSi/c7-10(8)9-11-6-4-2-1-3-5-6/h1-5H,11H2,(H,7,8). The molecule has 0 amide bonds. The molecule has 3 nitrogen and oxygen atoms in total. The van der Waals surface area contributed by atoms with Crippen LogP contribution in [0.15, 0.2) is 30.3 Å². The van der Waals surface area contributed by atoms with Gasteiger partial charge in [0.1, 0.15) is 0 Å². The van der Waals surface area contributed by atoms with E-state index >= 15 is 0 Å². The van der Waals surface area contributed by atoms with Gasteiger partial charge in [-0.05, 0) is 5.19 Å². The normalized spacial score (nSPS) is 13.9. The zero-order chi connectivity index (χ0) is 8.10. The minimum atomic E-state index is -2.10. The van der Waals surface area contributed by atoms with E-state index in [2.05, 4.69) is 3.87 Å². The van der Waals surface area contributed by atoms with E-state index in [0.29, 0.717) is 0 Å². The summed E-state index contributed by atoms with van der Waals surface area (Å²) in [4.78, 5) is 0. The summed E-state index contributed by atoms with van der Waals surface area (Å²) in [6.45, 7) is 0. The summed E-state index contributed by atoms with van der Waals surface area (Å²) in [5.74, 6) is 0. The maximum atomic E-state index is 10.1. The highest BCUT2D eigenvalue weighted by atomic mass is 32.2. The molecule has 11 heavy (non-hydrogen) atoms. The molecule has 1 aromatic rings. The van der Waals surface area contributed by atoms with Gasteiger partial charge in [0.05, 0.1) is 0 Å². The molecule has 1 aromatic carbocycles. The first kappa shape index (κ1) is 8.60. The Kier molecular flexibility index (Phi) is 3.44. The first-order valence-corrected chi connectivity index (χ1v) is 5.39. The Balaban J connectivity index is 2.45. The molecule has 0 aromatic heterocycles. The second-order valence-corrected chi connectivity index (χ2v) is 4.45. The summed E-state index contributed by atoms with van der Waals surface area (Å²) in [7, 11) is -1.01. The Morgan fingerprint density at radius 3 is 2.55 bits per heavy atom. The van der Waals surface area contributed by atoms with Gasteiger partial charge in [-0.3, -0.25) is 4.55 Å². The van der Waals surface area contributed by atoms with Crippen LogP contribution in [0.25, 0.3) is 0 Å². The highest BCUT2D eigenvalue weighted by Crippen LogP contribution is 1.82. The quantitative estimate of drug-likeness (QED) is 0.516. The lowest BCUT2D eigenvalue weighted by Gasteiger charge is -1.96. The molecule has 0 aliphatic carbocycles. The summed E-state index contributed by atoms with van der Waals surface area (Å²) in [5, 5.41) is 1.02. The van der Waals surface area contributed by atoms with E-state index in [1.54, 1.807) is 0 Å². The lowest BCUT2D eigenvalue weighted by molar-refractivity contribution is 0.473. The van der Waals surface area contributed by atoms with Crippen LogP contribution >= 0.6 is 0 Å². The van der Waals surface area contributed by atoms with Crippen LogP contribution in [0.4, 0.5) is 0 Å². The lowest BCUT2D eigenvalue weighted by atomic mass is 10.4. The summed E-state index contributed by atoms with van der Waals surface area (Å²) >= 11 is -2.10. The van der Waals surface area contributed by atoms with E-state index in [4.69, 9.17) is 4.55 Å².